The number of benzene rings is 4. The highest BCUT2D eigenvalue weighted by molar-refractivity contribution is 5.91. The van der Waals surface area contributed by atoms with Crippen molar-refractivity contribution in [3.63, 3.8) is 0 Å². The molecule has 0 radical (unpaired) electrons. The predicted molar refractivity (Wildman–Crippen MR) is 234 cm³/mol. The van der Waals surface area contributed by atoms with Crippen LogP contribution in [0.25, 0.3) is 0 Å². The number of carboxylic acids is 1. The van der Waals surface area contributed by atoms with Crippen molar-refractivity contribution in [3.05, 3.63) is 130 Å². The zero-order chi connectivity index (χ0) is 42.3. The summed E-state index contributed by atoms with van der Waals surface area (Å²) in [4.78, 5) is 51.3. The first-order valence-electron chi connectivity index (χ1n) is 22.1. The fourth-order valence-electron chi connectivity index (χ4n) is 9.85. The Morgan fingerprint density at radius 2 is 0.917 bits per heavy atom. The third-order valence-corrected chi connectivity index (χ3v) is 13.0. The smallest absolute Gasteiger partial charge is 0.324 e. The number of carboxylic acid groups (broad SMARTS) is 1. The summed E-state index contributed by atoms with van der Waals surface area (Å²) in [6.07, 6.45) is 13.6. The molecule has 4 amide bonds. The van der Waals surface area contributed by atoms with Crippen molar-refractivity contribution in [1.29, 1.82) is 0 Å². The third kappa shape index (κ3) is 7.81. The molecule has 0 aliphatic carbocycles. The van der Waals surface area contributed by atoms with Gasteiger partial charge in [-0.05, 0) is 72.2 Å². The van der Waals surface area contributed by atoms with Crippen LogP contribution in [0.2, 0.25) is 0 Å². The molecule has 318 valence electrons. The largest absolute Gasteiger partial charge is 0.497 e. The van der Waals surface area contributed by atoms with Gasteiger partial charge >= 0.3 is 18.0 Å². The summed E-state index contributed by atoms with van der Waals surface area (Å²) < 4.78 is 11.0. The molecular formula is C50H62N4O6. The van der Waals surface area contributed by atoms with E-state index < -0.39 is 23.2 Å². The van der Waals surface area contributed by atoms with E-state index >= 15 is 9.59 Å². The molecule has 0 aromatic heterocycles. The van der Waals surface area contributed by atoms with Crippen LogP contribution in [0, 0.1) is 5.92 Å². The maximum absolute atomic E-state index is 15.6. The second-order valence-electron chi connectivity index (χ2n) is 16.8. The standard InChI is InChI=1S/C50H62N4O6/c1-5-7-9-11-13-15-37-17-25-42(26-18-37)49-50(43-27-19-38(20-28-43)16-14-12-10-8-6-2)53(47(57)51(49)33-39-21-29-44(59-3)30-22-39)35-41(46(55)56)36-54(50)48(58)52(49)34-40-23-31-45(60-4)32-24-40/h17-32,41H,5-16,33-36H2,1-4H3,(H,55,56). The number of amides is 4. The number of hydrogen-bond acceptors (Lipinski definition) is 5. The van der Waals surface area contributed by atoms with Crippen molar-refractivity contribution < 1.29 is 29.0 Å². The molecule has 60 heavy (non-hydrogen) atoms. The van der Waals surface area contributed by atoms with Gasteiger partial charge in [-0.15, -0.1) is 0 Å². The lowest BCUT2D eigenvalue weighted by atomic mass is 9.77. The van der Waals surface area contributed by atoms with Gasteiger partial charge in [0.1, 0.15) is 11.5 Å². The maximum Gasteiger partial charge on any atom is 0.324 e. The van der Waals surface area contributed by atoms with Gasteiger partial charge in [0.2, 0.25) is 0 Å². The minimum absolute atomic E-state index is 0.0514. The molecule has 0 atom stereocenters. The van der Waals surface area contributed by atoms with Crippen molar-refractivity contribution in [2.45, 2.75) is 115 Å². The number of aryl methyl sites for hydroxylation is 2. The topological polar surface area (TPSA) is 103 Å². The predicted octanol–water partition coefficient (Wildman–Crippen LogP) is 10.3. The molecule has 1 N–H and O–H groups in total. The number of rotatable bonds is 21. The van der Waals surface area contributed by atoms with E-state index in [0.717, 1.165) is 47.9 Å². The van der Waals surface area contributed by atoms with E-state index in [-0.39, 0.29) is 38.2 Å². The minimum atomic E-state index is -1.42. The van der Waals surface area contributed by atoms with Crippen LogP contribution in [0.1, 0.15) is 111 Å². The average Bonchev–Trinajstić information content (AvgIpc) is 3.63. The van der Waals surface area contributed by atoms with Gasteiger partial charge in [0, 0.05) is 24.2 Å². The van der Waals surface area contributed by atoms with Crippen LogP contribution in [0.5, 0.6) is 11.5 Å². The normalized spacial score (nSPS) is 20.8. The number of nitrogens with zero attached hydrogens (tertiary/aromatic N) is 4. The second kappa shape index (κ2) is 18.8. The third-order valence-electron chi connectivity index (χ3n) is 13.0. The second-order valence-corrected chi connectivity index (χ2v) is 16.8. The van der Waals surface area contributed by atoms with Crippen LogP contribution >= 0.6 is 0 Å². The van der Waals surface area contributed by atoms with Gasteiger partial charge in [0.25, 0.3) is 0 Å². The summed E-state index contributed by atoms with van der Waals surface area (Å²) in [5.41, 5.74) is 2.83. The molecule has 0 saturated carbocycles. The van der Waals surface area contributed by atoms with Gasteiger partial charge in [-0.3, -0.25) is 24.4 Å². The van der Waals surface area contributed by atoms with E-state index in [1.165, 1.54) is 62.5 Å². The summed E-state index contributed by atoms with van der Waals surface area (Å²) in [6.45, 7) is 4.67. The van der Waals surface area contributed by atoms with Gasteiger partial charge in [-0.1, -0.05) is 138 Å². The molecule has 10 nitrogen and oxygen atoms in total. The summed E-state index contributed by atoms with van der Waals surface area (Å²) in [7, 11) is 3.24. The Hall–Kier alpha value is -5.51. The molecule has 3 saturated heterocycles. The summed E-state index contributed by atoms with van der Waals surface area (Å²) in [6, 6.07) is 31.6. The van der Waals surface area contributed by atoms with Crippen LogP contribution in [-0.2, 0) is 42.1 Å². The fraction of sp³-hybridized carbons (Fsp3) is 0.460. The number of carbonyl (C=O) groups excluding carboxylic acids is 2. The minimum Gasteiger partial charge on any atom is -0.497 e. The van der Waals surface area contributed by atoms with Crippen LogP contribution in [0.4, 0.5) is 9.59 Å². The molecule has 4 aromatic rings. The Bertz CT molecular complexity index is 1990. The quantitative estimate of drug-likeness (QED) is 0.0841. The monoisotopic (exact) mass is 814 g/mol. The van der Waals surface area contributed by atoms with E-state index in [0.29, 0.717) is 11.5 Å². The lowest BCUT2D eigenvalue weighted by Crippen LogP contribution is -2.67. The van der Waals surface area contributed by atoms with Crippen LogP contribution in [-0.4, -0.2) is 70.0 Å². The summed E-state index contributed by atoms with van der Waals surface area (Å²) in [5.74, 6) is -0.640. The first-order chi connectivity index (χ1) is 29.2. The Kier molecular flexibility index (Phi) is 13.4. The first kappa shape index (κ1) is 42.6. The number of carbonyl (C=O) groups is 3. The van der Waals surface area contributed by atoms with Crippen molar-refractivity contribution in [2.75, 3.05) is 27.3 Å². The summed E-state index contributed by atoms with van der Waals surface area (Å²) >= 11 is 0. The fourth-order valence-corrected chi connectivity index (χ4v) is 9.85. The van der Waals surface area contributed by atoms with Crippen molar-refractivity contribution >= 4 is 18.0 Å². The average molecular weight is 815 g/mol. The molecule has 3 aliphatic heterocycles. The van der Waals surface area contributed by atoms with Crippen LogP contribution < -0.4 is 9.47 Å². The number of unbranched alkanes of at least 4 members (excludes halogenated alkanes) is 8. The number of ether oxygens (including phenoxy) is 2. The first-order valence-corrected chi connectivity index (χ1v) is 22.1. The number of urea groups is 2. The Morgan fingerprint density at radius 3 is 1.28 bits per heavy atom. The van der Waals surface area contributed by atoms with E-state index in [1.54, 1.807) is 24.0 Å². The lowest BCUT2D eigenvalue weighted by Gasteiger charge is -2.53. The van der Waals surface area contributed by atoms with Gasteiger partial charge < -0.3 is 14.6 Å². The Balaban J connectivity index is 1.44. The van der Waals surface area contributed by atoms with E-state index in [4.69, 9.17) is 9.47 Å². The Morgan fingerprint density at radius 1 is 0.550 bits per heavy atom. The molecular weight excluding hydrogens is 753 g/mol. The summed E-state index contributed by atoms with van der Waals surface area (Å²) in [5, 5.41) is 10.6. The number of hydrogen-bond donors (Lipinski definition) is 1. The van der Waals surface area contributed by atoms with Gasteiger partial charge in [-0.2, -0.15) is 0 Å². The van der Waals surface area contributed by atoms with E-state index in [9.17, 15) is 9.90 Å². The molecule has 7 rings (SSSR count). The SMILES string of the molecule is CCCCCCCc1ccc(C23N(Cc4ccc(OC)cc4)C(=O)N4CC(C(=O)O)CN(C(=O)N2Cc2ccc(OC)cc2)C43c2ccc(CCCCCCC)cc2)cc1. The van der Waals surface area contributed by atoms with Crippen LogP contribution in [0.15, 0.2) is 97.1 Å². The van der Waals surface area contributed by atoms with Crippen molar-refractivity contribution in [1.82, 2.24) is 19.6 Å². The highest BCUT2D eigenvalue weighted by Crippen LogP contribution is 2.64. The molecule has 10 heteroatoms. The molecule has 4 aromatic carbocycles. The van der Waals surface area contributed by atoms with Gasteiger partial charge in [-0.25, -0.2) is 9.59 Å². The van der Waals surface area contributed by atoms with E-state index in [1.807, 2.05) is 58.3 Å². The van der Waals surface area contributed by atoms with Crippen molar-refractivity contribution in [2.24, 2.45) is 5.92 Å². The lowest BCUT2D eigenvalue weighted by molar-refractivity contribution is -0.152. The van der Waals surface area contributed by atoms with Crippen molar-refractivity contribution in [3.8, 4) is 11.5 Å². The zero-order valence-corrected chi connectivity index (χ0v) is 35.9. The zero-order valence-electron chi connectivity index (χ0n) is 35.9. The maximum atomic E-state index is 15.6. The Labute approximate surface area is 356 Å². The highest BCUT2D eigenvalue weighted by Gasteiger charge is 2.81. The number of aliphatic carboxylic acids is 1. The molecule has 0 spiro atoms. The molecule has 3 fully saturated rings. The van der Waals surface area contributed by atoms with Crippen LogP contribution in [0.3, 0.4) is 0 Å². The highest BCUT2D eigenvalue weighted by atomic mass is 16.5. The molecule has 3 heterocycles. The van der Waals surface area contributed by atoms with Gasteiger partial charge in [0.05, 0.1) is 33.2 Å². The molecule has 3 aliphatic rings. The van der Waals surface area contributed by atoms with E-state index in [2.05, 4.69) is 62.4 Å². The molecule has 0 bridgehead atoms. The number of methoxy groups -OCH3 is 2. The van der Waals surface area contributed by atoms with Gasteiger partial charge in [0.15, 0.2) is 11.3 Å². The molecule has 0 unspecified atom stereocenters.